The Hall–Kier alpha value is -2.53. The number of aliphatic carboxylic acids is 1. The van der Waals surface area contributed by atoms with Crippen LogP contribution in [-0.4, -0.2) is 22.2 Å². The standard InChI is InChI=1S/C19H23NO4.C2H6/c1-10-7-15(8-11(2)17(10)21)24-18-12(3)5-14(6-13(18)4)9-16(20)19(22)23;1-2/h5-8,16,21H,9,20H2,1-4H3,(H,22,23);1-2H3/t16-;/m1./s1. The minimum atomic E-state index is -1.01. The van der Waals surface area contributed by atoms with Crippen LogP contribution in [0.5, 0.6) is 17.2 Å². The Bertz CT molecular complexity index is 738. The fourth-order valence-electron chi connectivity index (χ4n) is 2.75. The average molecular weight is 359 g/mol. The molecule has 1 atom stereocenters. The van der Waals surface area contributed by atoms with E-state index < -0.39 is 12.0 Å². The number of ether oxygens (including phenoxy) is 1. The molecule has 2 aromatic rings. The molecule has 0 unspecified atom stereocenters. The number of carboxylic acid groups (broad SMARTS) is 1. The maximum atomic E-state index is 10.9. The van der Waals surface area contributed by atoms with Crippen molar-refractivity contribution in [1.29, 1.82) is 0 Å². The summed E-state index contributed by atoms with van der Waals surface area (Å²) in [6.45, 7) is 11.5. The molecule has 4 N–H and O–H groups in total. The van der Waals surface area contributed by atoms with Gasteiger partial charge in [0.15, 0.2) is 0 Å². The van der Waals surface area contributed by atoms with E-state index >= 15 is 0 Å². The number of phenolic OH excluding ortho intramolecular Hbond substituents is 1. The fourth-order valence-corrected chi connectivity index (χ4v) is 2.75. The molecule has 26 heavy (non-hydrogen) atoms. The van der Waals surface area contributed by atoms with Crippen molar-refractivity contribution in [3.8, 4) is 17.2 Å². The van der Waals surface area contributed by atoms with E-state index in [1.165, 1.54) is 0 Å². The summed E-state index contributed by atoms with van der Waals surface area (Å²) >= 11 is 0. The lowest BCUT2D eigenvalue weighted by Gasteiger charge is -2.16. The van der Waals surface area contributed by atoms with Gasteiger partial charge in [-0.2, -0.15) is 0 Å². The van der Waals surface area contributed by atoms with Crippen LogP contribution in [0.15, 0.2) is 24.3 Å². The van der Waals surface area contributed by atoms with Gasteiger partial charge in [0.25, 0.3) is 0 Å². The maximum Gasteiger partial charge on any atom is 0.320 e. The number of phenols is 1. The summed E-state index contributed by atoms with van der Waals surface area (Å²) in [5.74, 6) is 0.644. The molecule has 5 nitrogen and oxygen atoms in total. The molecule has 0 amide bonds. The molecule has 0 aliphatic heterocycles. The van der Waals surface area contributed by atoms with Crippen LogP contribution in [0.4, 0.5) is 0 Å². The van der Waals surface area contributed by atoms with Crippen LogP contribution >= 0.6 is 0 Å². The minimum absolute atomic E-state index is 0.272. The summed E-state index contributed by atoms with van der Waals surface area (Å²) in [5, 5.41) is 18.8. The van der Waals surface area contributed by atoms with E-state index in [1.54, 1.807) is 12.1 Å². The van der Waals surface area contributed by atoms with Gasteiger partial charge in [0.1, 0.15) is 23.3 Å². The molecule has 2 aromatic carbocycles. The molecule has 0 saturated heterocycles. The first-order valence-electron chi connectivity index (χ1n) is 8.75. The van der Waals surface area contributed by atoms with Gasteiger partial charge < -0.3 is 20.7 Å². The molecule has 0 aromatic heterocycles. The highest BCUT2D eigenvalue weighted by Gasteiger charge is 2.15. The molecule has 5 heteroatoms. The topological polar surface area (TPSA) is 92.8 Å². The third kappa shape index (κ3) is 5.23. The van der Waals surface area contributed by atoms with Gasteiger partial charge in [0, 0.05) is 0 Å². The lowest BCUT2D eigenvalue weighted by molar-refractivity contribution is -0.138. The lowest BCUT2D eigenvalue weighted by Crippen LogP contribution is -2.32. The number of rotatable bonds is 5. The monoisotopic (exact) mass is 359 g/mol. The number of nitrogens with two attached hydrogens (primary N) is 1. The number of aryl methyl sites for hydroxylation is 4. The summed E-state index contributed by atoms with van der Waals surface area (Å²) in [5.41, 5.74) is 9.79. The van der Waals surface area contributed by atoms with Crippen molar-refractivity contribution in [1.82, 2.24) is 0 Å². The van der Waals surface area contributed by atoms with E-state index in [9.17, 15) is 9.90 Å². The van der Waals surface area contributed by atoms with E-state index in [-0.39, 0.29) is 12.2 Å². The zero-order valence-corrected chi connectivity index (χ0v) is 16.4. The first-order valence-corrected chi connectivity index (χ1v) is 8.75. The Kier molecular flexibility index (Phi) is 7.65. The molecule has 0 aliphatic carbocycles. The van der Waals surface area contributed by atoms with Crippen molar-refractivity contribution in [2.24, 2.45) is 5.73 Å². The van der Waals surface area contributed by atoms with Crippen molar-refractivity contribution in [2.75, 3.05) is 0 Å². The van der Waals surface area contributed by atoms with Crippen LogP contribution in [0, 0.1) is 27.7 Å². The third-order valence-electron chi connectivity index (χ3n) is 3.98. The van der Waals surface area contributed by atoms with E-state index in [0.717, 1.165) is 33.6 Å². The maximum absolute atomic E-state index is 10.9. The summed E-state index contributed by atoms with van der Waals surface area (Å²) in [6, 6.07) is 6.44. The second kappa shape index (κ2) is 9.25. The van der Waals surface area contributed by atoms with E-state index in [2.05, 4.69) is 0 Å². The number of aromatic hydroxyl groups is 1. The summed E-state index contributed by atoms with van der Waals surface area (Å²) in [6.07, 6.45) is 0.273. The quantitative estimate of drug-likeness (QED) is 0.736. The zero-order chi connectivity index (χ0) is 20.0. The number of benzene rings is 2. The molecule has 0 heterocycles. The van der Waals surface area contributed by atoms with Crippen LogP contribution < -0.4 is 10.5 Å². The molecule has 0 radical (unpaired) electrons. The van der Waals surface area contributed by atoms with Gasteiger partial charge in [-0.15, -0.1) is 0 Å². The molecule has 0 saturated carbocycles. The van der Waals surface area contributed by atoms with Crippen molar-refractivity contribution < 1.29 is 19.7 Å². The molecule has 142 valence electrons. The van der Waals surface area contributed by atoms with Crippen LogP contribution in [0.25, 0.3) is 0 Å². The summed E-state index contributed by atoms with van der Waals surface area (Å²) in [7, 11) is 0. The van der Waals surface area contributed by atoms with Gasteiger partial charge in [0.2, 0.25) is 0 Å². The van der Waals surface area contributed by atoms with Gasteiger partial charge in [-0.3, -0.25) is 4.79 Å². The Morgan fingerprint density at radius 3 is 1.88 bits per heavy atom. The van der Waals surface area contributed by atoms with Gasteiger partial charge in [-0.05, 0) is 74.1 Å². The van der Waals surface area contributed by atoms with E-state index in [4.69, 9.17) is 15.6 Å². The van der Waals surface area contributed by atoms with Crippen LogP contribution in [0.1, 0.15) is 41.7 Å². The first kappa shape index (κ1) is 21.5. The van der Waals surface area contributed by atoms with E-state index in [1.807, 2.05) is 53.7 Å². The molecule has 0 bridgehead atoms. The smallest absolute Gasteiger partial charge is 0.320 e. The van der Waals surface area contributed by atoms with Crippen molar-refractivity contribution in [3.63, 3.8) is 0 Å². The second-order valence-electron chi connectivity index (χ2n) is 6.22. The van der Waals surface area contributed by atoms with Crippen molar-refractivity contribution >= 4 is 5.97 Å². The summed E-state index contributed by atoms with van der Waals surface area (Å²) < 4.78 is 6.01. The Labute approximate surface area is 155 Å². The Balaban J connectivity index is 0.00000163. The first-order chi connectivity index (χ1) is 12.2. The molecule has 2 rings (SSSR count). The van der Waals surface area contributed by atoms with Crippen LogP contribution in [-0.2, 0) is 11.2 Å². The Morgan fingerprint density at radius 2 is 1.46 bits per heavy atom. The lowest BCUT2D eigenvalue weighted by atomic mass is 10.0. The normalized spacial score (nSPS) is 11.3. The number of hydrogen-bond donors (Lipinski definition) is 3. The highest BCUT2D eigenvalue weighted by Crippen LogP contribution is 2.33. The van der Waals surface area contributed by atoms with Crippen LogP contribution in [0.3, 0.4) is 0 Å². The van der Waals surface area contributed by atoms with Crippen molar-refractivity contribution in [3.05, 3.63) is 52.1 Å². The SMILES string of the molecule is CC.Cc1cc(Oc2c(C)cc(C[C@@H](N)C(=O)O)cc2C)cc(C)c1O. The van der Waals surface area contributed by atoms with Gasteiger partial charge in [0.05, 0.1) is 0 Å². The zero-order valence-electron chi connectivity index (χ0n) is 16.4. The fraction of sp³-hybridized carbons (Fsp3) is 0.381. The van der Waals surface area contributed by atoms with Crippen molar-refractivity contribution in [2.45, 2.75) is 54.0 Å². The average Bonchev–Trinajstić information content (AvgIpc) is 2.57. The number of hydrogen-bond acceptors (Lipinski definition) is 4. The summed E-state index contributed by atoms with van der Waals surface area (Å²) in [4.78, 5) is 10.9. The number of carbonyl (C=O) groups is 1. The largest absolute Gasteiger partial charge is 0.507 e. The predicted molar refractivity (Wildman–Crippen MR) is 104 cm³/mol. The van der Waals surface area contributed by atoms with Crippen LogP contribution in [0.2, 0.25) is 0 Å². The molecule has 0 spiro atoms. The second-order valence-corrected chi connectivity index (χ2v) is 6.22. The predicted octanol–water partition coefficient (Wildman–Crippen LogP) is 4.40. The van der Waals surface area contributed by atoms with E-state index in [0.29, 0.717) is 5.75 Å². The minimum Gasteiger partial charge on any atom is -0.507 e. The Morgan fingerprint density at radius 1 is 1.00 bits per heavy atom. The van der Waals surface area contributed by atoms with Gasteiger partial charge in [-0.1, -0.05) is 26.0 Å². The molecule has 0 aliphatic rings. The third-order valence-corrected chi connectivity index (χ3v) is 3.98. The van der Waals surface area contributed by atoms with Gasteiger partial charge >= 0.3 is 5.97 Å². The highest BCUT2D eigenvalue weighted by atomic mass is 16.5. The van der Waals surface area contributed by atoms with Gasteiger partial charge in [-0.25, -0.2) is 0 Å². The molecule has 0 fully saturated rings. The molecular formula is C21H29NO4. The highest BCUT2D eigenvalue weighted by molar-refractivity contribution is 5.73. The number of carboxylic acids is 1. The molecular weight excluding hydrogens is 330 g/mol.